The fraction of sp³-hybridized carbons (Fsp3) is 0.333. The van der Waals surface area contributed by atoms with Crippen molar-refractivity contribution in [3.63, 3.8) is 0 Å². The lowest BCUT2D eigenvalue weighted by Gasteiger charge is -2.23. The number of carboxylic acid groups (broad SMARTS) is 1. The molecule has 6 heteroatoms. The second kappa shape index (κ2) is 5.23. The summed E-state index contributed by atoms with van der Waals surface area (Å²) >= 11 is 2.14. The van der Waals surface area contributed by atoms with Gasteiger partial charge in [-0.2, -0.15) is 0 Å². The molecule has 96 valence electrons. The third-order valence-electron chi connectivity index (χ3n) is 2.89. The van der Waals surface area contributed by atoms with E-state index in [1.165, 1.54) is 0 Å². The summed E-state index contributed by atoms with van der Waals surface area (Å²) in [6.45, 7) is 0.359. The van der Waals surface area contributed by atoms with Crippen LogP contribution in [0.1, 0.15) is 16.8 Å². The maximum atomic E-state index is 12.0. The van der Waals surface area contributed by atoms with Crippen molar-refractivity contribution in [2.45, 2.75) is 12.0 Å². The minimum atomic E-state index is -1.29. The fourth-order valence-electron chi connectivity index (χ4n) is 1.78. The molecule has 1 aromatic rings. The standard InChI is InChI=1S/C12H12INO4/c13-9-3-1-8(2-4-9)10(15)14-12(11(16)17)5-6-18-7-12/h1-4H,5-7H2,(H,14,15)(H,16,17). The summed E-state index contributed by atoms with van der Waals surface area (Å²) in [7, 11) is 0. The quantitative estimate of drug-likeness (QED) is 0.796. The van der Waals surface area contributed by atoms with Crippen molar-refractivity contribution in [1.82, 2.24) is 5.32 Å². The molecule has 1 aliphatic heterocycles. The molecule has 0 aliphatic carbocycles. The van der Waals surface area contributed by atoms with Crippen molar-refractivity contribution in [2.24, 2.45) is 0 Å². The number of aliphatic carboxylic acids is 1. The van der Waals surface area contributed by atoms with E-state index in [1.54, 1.807) is 24.3 Å². The smallest absolute Gasteiger partial charge is 0.331 e. The molecule has 1 atom stereocenters. The third-order valence-corrected chi connectivity index (χ3v) is 3.61. The van der Waals surface area contributed by atoms with Gasteiger partial charge in [0.15, 0.2) is 5.54 Å². The van der Waals surface area contributed by atoms with E-state index in [0.717, 1.165) is 3.57 Å². The van der Waals surface area contributed by atoms with E-state index in [4.69, 9.17) is 4.74 Å². The van der Waals surface area contributed by atoms with Crippen LogP contribution in [0.4, 0.5) is 0 Å². The summed E-state index contributed by atoms with van der Waals surface area (Å²) in [5, 5.41) is 11.8. The lowest BCUT2D eigenvalue weighted by Crippen LogP contribution is -2.55. The molecular formula is C12H12INO4. The zero-order chi connectivity index (χ0) is 13.2. The molecule has 1 saturated heterocycles. The third kappa shape index (κ3) is 2.64. The second-order valence-electron chi connectivity index (χ2n) is 4.15. The Hall–Kier alpha value is -1.15. The van der Waals surface area contributed by atoms with Gasteiger partial charge in [0, 0.05) is 22.2 Å². The van der Waals surface area contributed by atoms with Crippen LogP contribution >= 0.6 is 22.6 Å². The molecule has 2 rings (SSSR count). The van der Waals surface area contributed by atoms with Gasteiger partial charge >= 0.3 is 5.97 Å². The van der Waals surface area contributed by atoms with Gasteiger partial charge in [-0.15, -0.1) is 0 Å². The largest absolute Gasteiger partial charge is 0.479 e. The number of nitrogens with one attached hydrogen (secondary N) is 1. The van der Waals surface area contributed by atoms with Crippen molar-refractivity contribution in [3.8, 4) is 0 Å². The zero-order valence-corrected chi connectivity index (χ0v) is 11.6. The molecular weight excluding hydrogens is 349 g/mol. The Labute approximate surface area is 118 Å². The molecule has 1 unspecified atom stereocenters. The number of carboxylic acids is 1. The number of hydrogen-bond donors (Lipinski definition) is 2. The Kier molecular flexibility index (Phi) is 3.86. The first-order chi connectivity index (χ1) is 8.53. The number of hydrogen-bond acceptors (Lipinski definition) is 3. The van der Waals surface area contributed by atoms with E-state index < -0.39 is 11.5 Å². The first kappa shape index (κ1) is 13.3. The van der Waals surface area contributed by atoms with E-state index in [-0.39, 0.29) is 12.5 Å². The Bertz CT molecular complexity index is 465. The number of carbonyl (C=O) groups excluding carboxylic acids is 1. The molecule has 18 heavy (non-hydrogen) atoms. The molecule has 2 N–H and O–H groups in total. The highest BCUT2D eigenvalue weighted by molar-refractivity contribution is 14.1. The van der Waals surface area contributed by atoms with Crippen LogP contribution in [0.15, 0.2) is 24.3 Å². The van der Waals surface area contributed by atoms with Gasteiger partial charge in [-0.1, -0.05) is 0 Å². The Balaban J connectivity index is 2.15. The maximum absolute atomic E-state index is 12.0. The Morgan fingerprint density at radius 1 is 1.33 bits per heavy atom. The average Bonchev–Trinajstić information content (AvgIpc) is 2.79. The van der Waals surface area contributed by atoms with Crippen molar-refractivity contribution < 1.29 is 19.4 Å². The van der Waals surface area contributed by atoms with Crippen LogP contribution in [0, 0.1) is 3.57 Å². The predicted octanol–water partition coefficient (Wildman–Crippen LogP) is 1.26. The monoisotopic (exact) mass is 361 g/mol. The summed E-state index contributed by atoms with van der Waals surface area (Å²) in [5.41, 5.74) is -0.844. The van der Waals surface area contributed by atoms with Gasteiger partial charge in [0.05, 0.1) is 6.61 Å². The lowest BCUT2D eigenvalue weighted by atomic mass is 9.98. The van der Waals surface area contributed by atoms with Gasteiger partial charge in [-0.05, 0) is 46.9 Å². The summed E-state index contributed by atoms with van der Waals surface area (Å²) in [6, 6.07) is 6.94. The Morgan fingerprint density at radius 3 is 2.50 bits per heavy atom. The van der Waals surface area contributed by atoms with Gasteiger partial charge in [-0.3, -0.25) is 4.79 Å². The fourth-order valence-corrected chi connectivity index (χ4v) is 2.14. The molecule has 1 aliphatic rings. The number of rotatable bonds is 3. The molecule has 0 radical (unpaired) electrons. The predicted molar refractivity (Wildman–Crippen MR) is 72.4 cm³/mol. The van der Waals surface area contributed by atoms with Gasteiger partial charge in [0.25, 0.3) is 5.91 Å². The Morgan fingerprint density at radius 2 is 2.00 bits per heavy atom. The van der Waals surface area contributed by atoms with Gasteiger partial charge in [0.1, 0.15) is 0 Å². The number of carbonyl (C=O) groups is 2. The molecule has 0 aromatic heterocycles. The van der Waals surface area contributed by atoms with Crippen LogP contribution in [-0.2, 0) is 9.53 Å². The van der Waals surface area contributed by atoms with E-state index in [0.29, 0.717) is 18.6 Å². The van der Waals surface area contributed by atoms with Crippen molar-refractivity contribution in [3.05, 3.63) is 33.4 Å². The van der Waals surface area contributed by atoms with Crippen molar-refractivity contribution in [1.29, 1.82) is 0 Å². The van der Waals surface area contributed by atoms with E-state index >= 15 is 0 Å². The van der Waals surface area contributed by atoms with Gasteiger partial charge < -0.3 is 15.2 Å². The van der Waals surface area contributed by atoms with Crippen LogP contribution in [-0.4, -0.2) is 35.7 Å². The zero-order valence-electron chi connectivity index (χ0n) is 9.48. The number of amides is 1. The molecule has 1 amide bonds. The summed E-state index contributed by atoms with van der Waals surface area (Å²) in [4.78, 5) is 23.2. The lowest BCUT2D eigenvalue weighted by molar-refractivity contribution is -0.144. The summed E-state index contributed by atoms with van der Waals surface area (Å²) in [6.07, 6.45) is 0.290. The van der Waals surface area contributed by atoms with E-state index in [2.05, 4.69) is 27.9 Å². The summed E-state index contributed by atoms with van der Waals surface area (Å²) in [5.74, 6) is -1.45. The topological polar surface area (TPSA) is 75.6 Å². The molecule has 0 spiro atoms. The first-order valence-corrected chi connectivity index (χ1v) is 6.51. The number of benzene rings is 1. The van der Waals surface area contributed by atoms with Crippen LogP contribution in [0.25, 0.3) is 0 Å². The van der Waals surface area contributed by atoms with E-state index in [1.807, 2.05) is 0 Å². The molecule has 0 bridgehead atoms. The SMILES string of the molecule is O=C(NC1(C(=O)O)CCOC1)c1ccc(I)cc1. The minimum absolute atomic E-state index is 0.0123. The second-order valence-corrected chi connectivity index (χ2v) is 5.40. The van der Waals surface area contributed by atoms with Gasteiger partial charge in [0.2, 0.25) is 0 Å². The molecule has 0 saturated carbocycles. The van der Waals surface area contributed by atoms with Crippen molar-refractivity contribution >= 4 is 34.5 Å². The van der Waals surface area contributed by atoms with Crippen LogP contribution in [0.3, 0.4) is 0 Å². The van der Waals surface area contributed by atoms with Crippen LogP contribution < -0.4 is 5.32 Å². The van der Waals surface area contributed by atoms with Crippen LogP contribution in [0.5, 0.6) is 0 Å². The highest BCUT2D eigenvalue weighted by atomic mass is 127. The normalized spacial score (nSPS) is 22.7. The molecule has 5 nitrogen and oxygen atoms in total. The highest BCUT2D eigenvalue weighted by Gasteiger charge is 2.44. The highest BCUT2D eigenvalue weighted by Crippen LogP contribution is 2.20. The van der Waals surface area contributed by atoms with Gasteiger partial charge in [-0.25, -0.2) is 4.79 Å². The maximum Gasteiger partial charge on any atom is 0.331 e. The van der Waals surface area contributed by atoms with E-state index in [9.17, 15) is 14.7 Å². The average molecular weight is 361 g/mol. The van der Waals surface area contributed by atoms with Crippen LogP contribution in [0.2, 0.25) is 0 Å². The minimum Gasteiger partial charge on any atom is -0.479 e. The molecule has 1 heterocycles. The van der Waals surface area contributed by atoms with Crippen molar-refractivity contribution in [2.75, 3.05) is 13.2 Å². The first-order valence-electron chi connectivity index (χ1n) is 5.43. The molecule has 1 fully saturated rings. The molecule has 1 aromatic carbocycles. The number of halogens is 1. The number of ether oxygens (including phenoxy) is 1. The summed E-state index contributed by atoms with van der Waals surface area (Å²) < 4.78 is 6.10.